The van der Waals surface area contributed by atoms with Gasteiger partial charge in [0, 0.05) is 0 Å². The number of amides is 1. The minimum absolute atomic E-state index is 0.207. The Bertz CT molecular complexity index is 709. The van der Waals surface area contributed by atoms with E-state index in [1.807, 2.05) is 6.92 Å². The predicted molar refractivity (Wildman–Crippen MR) is 118 cm³/mol. The van der Waals surface area contributed by atoms with Crippen molar-refractivity contribution in [3.05, 3.63) is 11.3 Å². The molecule has 0 spiro atoms. The molecule has 164 valence electrons. The standard InChI is InChI=1S/C26H43NO2/c1-16(22(28)23(27)29)24(2,3)21-12-11-19-18-10-9-17-8-6-7-14-25(17,4)20(18)13-15-26(19,21)5/h17-21,28H,6-15H2,1-5H3,(H2,27,29)/t17?,18-,19-,20-,21+,25-,26-/m0/s1. The molecule has 4 saturated carbocycles. The van der Waals surface area contributed by atoms with E-state index in [0.29, 0.717) is 16.7 Å². The van der Waals surface area contributed by atoms with Crippen molar-refractivity contribution in [2.45, 2.75) is 98.8 Å². The van der Waals surface area contributed by atoms with Crippen LogP contribution in [-0.2, 0) is 4.79 Å². The van der Waals surface area contributed by atoms with E-state index in [2.05, 4.69) is 27.7 Å². The molecule has 0 aromatic carbocycles. The summed E-state index contributed by atoms with van der Waals surface area (Å²) >= 11 is 0. The molecule has 4 fully saturated rings. The zero-order valence-electron chi connectivity index (χ0n) is 19.4. The van der Waals surface area contributed by atoms with Gasteiger partial charge in [-0.15, -0.1) is 0 Å². The van der Waals surface area contributed by atoms with Crippen LogP contribution in [0.2, 0.25) is 0 Å². The highest BCUT2D eigenvalue weighted by Gasteiger charge is 2.61. The van der Waals surface area contributed by atoms with Crippen LogP contribution in [0, 0.1) is 45.8 Å². The van der Waals surface area contributed by atoms with E-state index < -0.39 is 5.91 Å². The molecule has 0 aromatic rings. The number of hydrogen-bond donors (Lipinski definition) is 2. The Morgan fingerprint density at radius 2 is 1.62 bits per heavy atom. The SMILES string of the molecule is CC(=C(O)C(N)=O)C(C)(C)[C@H]1CC[C@H]2[C@@H]3CCC4CCCC[C@]4(C)[C@H]3CC[C@]12C. The van der Waals surface area contributed by atoms with Crippen molar-refractivity contribution in [2.24, 2.45) is 51.6 Å². The molecule has 0 heterocycles. The van der Waals surface area contributed by atoms with Crippen molar-refractivity contribution >= 4 is 5.91 Å². The summed E-state index contributed by atoms with van der Waals surface area (Å²) in [6.45, 7) is 11.6. The first kappa shape index (κ1) is 21.2. The van der Waals surface area contributed by atoms with Crippen molar-refractivity contribution in [3.63, 3.8) is 0 Å². The molecule has 3 heteroatoms. The van der Waals surface area contributed by atoms with Crippen molar-refractivity contribution in [3.8, 4) is 0 Å². The van der Waals surface area contributed by atoms with E-state index in [-0.39, 0.29) is 11.2 Å². The molecular weight excluding hydrogens is 358 g/mol. The molecule has 1 unspecified atom stereocenters. The van der Waals surface area contributed by atoms with Gasteiger partial charge in [-0.25, -0.2) is 0 Å². The Morgan fingerprint density at radius 1 is 0.931 bits per heavy atom. The average Bonchev–Trinajstić information content (AvgIpc) is 3.04. The third-order valence-electron chi connectivity index (χ3n) is 11.0. The van der Waals surface area contributed by atoms with Crippen LogP contribution in [0.3, 0.4) is 0 Å². The van der Waals surface area contributed by atoms with Crippen LogP contribution < -0.4 is 5.73 Å². The first-order chi connectivity index (χ1) is 13.5. The van der Waals surface area contributed by atoms with Crippen LogP contribution in [0.25, 0.3) is 0 Å². The number of primary amides is 1. The Balaban J connectivity index is 1.63. The van der Waals surface area contributed by atoms with Gasteiger partial charge in [0.1, 0.15) is 0 Å². The van der Waals surface area contributed by atoms with E-state index in [1.54, 1.807) is 0 Å². The average molecular weight is 402 g/mol. The summed E-state index contributed by atoms with van der Waals surface area (Å²) in [5, 5.41) is 10.3. The van der Waals surface area contributed by atoms with E-state index in [9.17, 15) is 9.90 Å². The minimum Gasteiger partial charge on any atom is -0.503 e. The monoisotopic (exact) mass is 401 g/mol. The summed E-state index contributed by atoms with van der Waals surface area (Å²) in [6, 6.07) is 0. The van der Waals surface area contributed by atoms with Crippen molar-refractivity contribution in [1.82, 2.24) is 0 Å². The number of aliphatic hydroxyl groups excluding tert-OH is 1. The normalized spacial score (nSPS) is 45.6. The molecule has 1 amide bonds. The molecule has 3 N–H and O–H groups in total. The highest BCUT2D eigenvalue weighted by Crippen LogP contribution is 2.69. The van der Waals surface area contributed by atoms with E-state index in [1.165, 1.54) is 64.2 Å². The van der Waals surface area contributed by atoms with Gasteiger partial charge in [-0.1, -0.05) is 40.5 Å². The molecule has 0 bridgehead atoms. The second-order valence-electron chi connectivity index (χ2n) is 12.1. The molecule has 4 aliphatic rings. The minimum atomic E-state index is -0.692. The molecule has 29 heavy (non-hydrogen) atoms. The maximum absolute atomic E-state index is 11.6. The Morgan fingerprint density at radius 3 is 2.31 bits per heavy atom. The number of rotatable bonds is 3. The topological polar surface area (TPSA) is 63.3 Å². The fourth-order valence-corrected chi connectivity index (χ4v) is 9.23. The first-order valence-corrected chi connectivity index (χ1v) is 12.2. The number of hydrogen-bond acceptors (Lipinski definition) is 2. The van der Waals surface area contributed by atoms with Gasteiger partial charge < -0.3 is 10.8 Å². The summed E-state index contributed by atoms with van der Waals surface area (Å²) in [6.07, 6.45) is 13.9. The Hall–Kier alpha value is -0.990. The van der Waals surface area contributed by atoms with Crippen molar-refractivity contribution in [1.29, 1.82) is 0 Å². The van der Waals surface area contributed by atoms with Crippen LogP contribution in [-0.4, -0.2) is 11.0 Å². The predicted octanol–water partition coefficient (Wildman–Crippen LogP) is 6.38. The third kappa shape index (κ3) is 3.00. The van der Waals surface area contributed by atoms with E-state index >= 15 is 0 Å². The van der Waals surface area contributed by atoms with Crippen LogP contribution in [0.1, 0.15) is 98.8 Å². The molecule has 7 atom stereocenters. The fourth-order valence-electron chi connectivity index (χ4n) is 9.23. The number of allylic oxidation sites excluding steroid dienone is 1. The summed E-state index contributed by atoms with van der Waals surface area (Å²) in [4.78, 5) is 11.6. The van der Waals surface area contributed by atoms with E-state index in [0.717, 1.165) is 29.2 Å². The van der Waals surface area contributed by atoms with Crippen molar-refractivity contribution < 1.29 is 9.90 Å². The Kier molecular flexibility index (Phi) is 5.15. The number of carbonyl (C=O) groups is 1. The lowest BCUT2D eigenvalue weighted by Crippen LogP contribution is -2.53. The molecule has 0 aliphatic heterocycles. The van der Waals surface area contributed by atoms with Crippen LogP contribution in [0.15, 0.2) is 11.3 Å². The molecule has 3 nitrogen and oxygen atoms in total. The van der Waals surface area contributed by atoms with Gasteiger partial charge >= 0.3 is 0 Å². The van der Waals surface area contributed by atoms with Crippen LogP contribution in [0.4, 0.5) is 0 Å². The maximum atomic E-state index is 11.6. The quantitative estimate of drug-likeness (QED) is 0.426. The summed E-state index contributed by atoms with van der Waals surface area (Å²) in [5.41, 5.74) is 6.87. The van der Waals surface area contributed by atoms with E-state index in [4.69, 9.17) is 5.73 Å². The third-order valence-corrected chi connectivity index (χ3v) is 11.0. The van der Waals surface area contributed by atoms with Gasteiger partial charge in [-0.2, -0.15) is 0 Å². The van der Waals surface area contributed by atoms with Gasteiger partial charge in [0.2, 0.25) is 0 Å². The first-order valence-electron chi connectivity index (χ1n) is 12.2. The van der Waals surface area contributed by atoms with Gasteiger partial charge in [0.05, 0.1) is 0 Å². The lowest BCUT2D eigenvalue weighted by atomic mass is 9.44. The van der Waals surface area contributed by atoms with Crippen LogP contribution >= 0.6 is 0 Å². The molecular formula is C26H43NO2. The largest absolute Gasteiger partial charge is 0.503 e. The van der Waals surface area contributed by atoms with Gasteiger partial charge in [0.15, 0.2) is 5.76 Å². The van der Waals surface area contributed by atoms with Crippen LogP contribution in [0.5, 0.6) is 0 Å². The molecule has 0 aromatic heterocycles. The molecule has 4 aliphatic carbocycles. The lowest BCUT2D eigenvalue weighted by molar-refractivity contribution is -0.119. The fraction of sp³-hybridized carbons (Fsp3) is 0.885. The van der Waals surface area contributed by atoms with Crippen molar-refractivity contribution in [2.75, 3.05) is 0 Å². The Labute approximate surface area is 177 Å². The second kappa shape index (κ2) is 7.02. The number of fused-ring (bicyclic) bond motifs is 5. The second-order valence-corrected chi connectivity index (χ2v) is 12.1. The molecule has 4 rings (SSSR count). The maximum Gasteiger partial charge on any atom is 0.283 e. The number of nitrogens with two attached hydrogens (primary N) is 1. The number of aliphatic hydroxyl groups is 1. The smallest absolute Gasteiger partial charge is 0.283 e. The summed E-state index contributed by atoms with van der Waals surface area (Å²) in [7, 11) is 0. The highest BCUT2D eigenvalue weighted by molar-refractivity contribution is 5.90. The summed E-state index contributed by atoms with van der Waals surface area (Å²) < 4.78 is 0. The van der Waals surface area contributed by atoms with Gasteiger partial charge in [-0.05, 0) is 110 Å². The summed E-state index contributed by atoms with van der Waals surface area (Å²) in [5.74, 6) is 3.15. The zero-order chi connectivity index (χ0) is 21.2. The molecule has 0 saturated heterocycles. The zero-order valence-corrected chi connectivity index (χ0v) is 19.4. The van der Waals surface area contributed by atoms with Gasteiger partial charge in [0.25, 0.3) is 5.91 Å². The molecule has 0 radical (unpaired) electrons. The lowest BCUT2D eigenvalue weighted by Gasteiger charge is -2.61. The van der Waals surface area contributed by atoms with Gasteiger partial charge in [-0.3, -0.25) is 4.79 Å². The highest BCUT2D eigenvalue weighted by atomic mass is 16.3. The number of carbonyl (C=O) groups excluding carboxylic acids is 1.